The lowest BCUT2D eigenvalue weighted by Gasteiger charge is -2.28. The van der Waals surface area contributed by atoms with Gasteiger partial charge in [-0.25, -0.2) is 0 Å². The zero-order valence-corrected chi connectivity index (χ0v) is 15.6. The van der Waals surface area contributed by atoms with Crippen molar-refractivity contribution in [1.29, 1.82) is 0 Å². The minimum atomic E-state index is -0.187. The fourth-order valence-corrected chi connectivity index (χ4v) is 3.14. The number of anilines is 1. The molecular weight excluding hydrogens is 312 g/mol. The number of benzene rings is 2. The van der Waals surface area contributed by atoms with Crippen molar-refractivity contribution in [2.75, 3.05) is 11.9 Å². The molecule has 0 bridgehead atoms. The first-order valence-corrected chi connectivity index (χ1v) is 8.49. The van der Waals surface area contributed by atoms with Gasteiger partial charge in [0, 0.05) is 12.6 Å². The van der Waals surface area contributed by atoms with E-state index < -0.39 is 0 Å². The average molecular weight is 338 g/mol. The van der Waals surface area contributed by atoms with E-state index in [2.05, 4.69) is 5.32 Å². The van der Waals surface area contributed by atoms with Crippen LogP contribution in [0.25, 0.3) is 0 Å². The lowest BCUT2D eigenvalue weighted by atomic mass is 10.0. The molecule has 0 spiro atoms. The van der Waals surface area contributed by atoms with Crippen LogP contribution in [0.15, 0.2) is 42.5 Å². The summed E-state index contributed by atoms with van der Waals surface area (Å²) >= 11 is 0. The maximum Gasteiger partial charge on any atom is 0.244 e. The SMILES string of the molecule is CC(=O)N(CC(=O)Nc1c(C)cc(C)cc1C)C(C)c1ccccc1. The zero-order valence-electron chi connectivity index (χ0n) is 15.6. The number of carbonyl (C=O) groups excluding carboxylic acids is 2. The van der Waals surface area contributed by atoms with Crippen molar-refractivity contribution in [1.82, 2.24) is 4.90 Å². The summed E-state index contributed by atoms with van der Waals surface area (Å²) in [5, 5.41) is 2.96. The molecule has 0 aromatic heterocycles. The van der Waals surface area contributed by atoms with Gasteiger partial charge in [0.05, 0.1) is 6.04 Å². The Labute approximate surface area is 149 Å². The van der Waals surface area contributed by atoms with E-state index in [-0.39, 0.29) is 24.4 Å². The standard InChI is InChI=1S/C21H26N2O2/c1-14-11-15(2)21(16(3)12-14)22-20(25)13-23(18(5)24)17(4)19-9-7-6-8-10-19/h6-12,17H,13H2,1-5H3,(H,22,25). The lowest BCUT2D eigenvalue weighted by Crippen LogP contribution is -2.38. The molecule has 2 aromatic carbocycles. The van der Waals surface area contributed by atoms with Gasteiger partial charge in [-0.15, -0.1) is 0 Å². The summed E-state index contributed by atoms with van der Waals surface area (Å²) in [4.78, 5) is 26.2. The van der Waals surface area contributed by atoms with Crippen LogP contribution in [0.4, 0.5) is 5.69 Å². The minimum Gasteiger partial charge on any atom is -0.327 e. The second-order valence-electron chi connectivity index (χ2n) is 6.56. The van der Waals surface area contributed by atoms with Crippen LogP contribution in [0.3, 0.4) is 0 Å². The van der Waals surface area contributed by atoms with Crippen molar-refractivity contribution in [3.05, 3.63) is 64.7 Å². The largest absolute Gasteiger partial charge is 0.327 e. The predicted octanol–water partition coefficient (Wildman–Crippen LogP) is 4.16. The third-order valence-corrected chi connectivity index (χ3v) is 4.41. The van der Waals surface area contributed by atoms with Gasteiger partial charge in [-0.05, 0) is 44.4 Å². The Morgan fingerprint density at radius 3 is 2.12 bits per heavy atom. The number of carbonyl (C=O) groups is 2. The molecule has 0 aliphatic carbocycles. The Balaban J connectivity index is 2.15. The highest BCUT2D eigenvalue weighted by atomic mass is 16.2. The molecule has 0 fully saturated rings. The summed E-state index contributed by atoms with van der Waals surface area (Å²) in [5.74, 6) is -0.308. The summed E-state index contributed by atoms with van der Waals surface area (Å²) in [5.41, 5.74) is 5.04. The highest BCUT2D eigenvalue weighted by Gasteiger charge is 2.21. The average Bonchev–Trinajstić information content (AvgIpc) is 2.56. The smallest absolute Gasteiger partial charge is 0.244 e. The van der Waals surface area contributed by atoms with Crippen LogP contribution < -0.4 is 5.32 Å². The molecule has 0 saturated heterocycles. The first-order valence-electron chi connectivity index (χ1n) is 8.49. The topological polar surface area (TPSA) is 49.4 Å². The number of hydrogen-bond acceptors (Lipinski definition) is 2. The highest BCUT2D eigenvalue weighted by Crippen LogP contribution is 2.23. The number of nitrogens with one attached hydrogen (secondary N) is 1. The molecule has 1 N–H and O–H groups in total. The maximum atomic E-state index is 12.5. The van der Waals surface area contributed by atoms with Gasteiger partial charge in [0.1, 0.15) is 6.54 Å². The van der Waals surface area contributed by atoms with E-state index in [0.717, 1.165) is 27.9 Å². The molecule has 0 saturated carbocycles. The van der Waals surface area contributed by atoms with E-state index in [1.807, 2.05) is 70.2 Å². The molecule has 0 aliphatic heterocycles. The van der Waals surface area contributed by atoms with Gasteiger partial charge >= 0.3 is 0 Å². The summed E-state index contributed by atoms with van der Waals surface area (Å²) in [6.45, 7) is 9.44. The normalized spacial score (nSPS) is 11.7. The highest BCUT2D eigenvalue weighted by molar-refractivity contribution is 5.95. The van der Waals surface area contributed by atoms with Crippen LogP contribution in [0.5, 0.6) is 0 Å². The van der Waals surface area contributed by atoms with Crippen LogP contribution in [-0.4, -0.2) is 23.3 Å². The molecule has 25 heavy (non-hydrogen) atoms. The third kappa shape index (κ3) is 4.69. The van der Waals surface area contributed by atoms with E-state index in [1.54, 1.807) is 4.90 Å². The minimum absolute atomic E-state index is 0.0259. The maximum absolute atomic E-state index is 12.5. The van der Waals surface area contributed by atoms with Gasteiger partial charge in [0.25, 0.3) is 0 Å². The van der Waals surface area contributed by atoms with Crippen LogP contribution in [0.1, 0.15) is 42.1 Å². The molecule has 132 valence electrons. The van der Waals surface area contributed by atoms with Gasteiger partial charge in [-0.3, -0.25) is 9.59 Å². The fourth-order valence-electron chi connectivity index (χ4n) is 3.14. The summed E-state index contributed by atoms with van der Waals surface area (Å²) in [6, 6.07) is 13.6. The number of hydrogen-bond donors (Lipinski definition) is 1. The quantitative estimate of drug-likeness (QED) is 0.890. The number of nitrogens with zero attached hydrogens (tertiary/aromatic N) is 1. The Hall–Kier alpha value is -2.62. The summed E-state index contributed by atoms with van der Waals surface area (Å²) in [6.07, 6.45) is 0. The molecule has 2 amide bonds. The molecular formula is C21H26N2O2. The van der Waals surface area contributed by atoms with Gasteiger partial charge in [0.15, 0.2) is 0 Å². The third-order valence-electron chi connectivity index (χ3n) is 4.41. The van der Waals surface area contributed by atoms with Crippen molar-refractivity contribution in [2.45, 2.75) is 40.7 Å². The molecule has 4 nitrogen and oxygen atoms in total. The molecule has 1 unspecified atom stereocenters. The van der Waals surface area contributed by atoms with Gasteiger partial charge in [0.2, 0.25) is 11.8 Å². The molecule has 2 rings (SSSR count). The van der Waals surface area contributed by atoms with E-state index in [0.29, 0.717) is 0 Å². The monoisotopic (exact) mass is 338 g/mol. The van der Waals surface area contributed by atoms with E-state index in [9.17, 15) is 9.59 Å². The Kier molecular flexibility index (Phi) is 5.97. The van der Waals surface area contributed by atoms with E-state index in [1.165, 1.54) is 6.92 Å². The number of amides is 2. The lowest BCUT2D eigenvalue weighted by molar-refractivity contribution is -0.134. The van der Waals surface area contributed by atoms with Crippen molar-refractivity contribution in [3.8, 4) is 0 Å². The Morgan fingerprint density at radius 1 is 1.04 bits per heavy atom. The zero-order chi connectivity index (χ0) is 18.6. The molecule has 0 heterocycles. The first-order chi connectivity index (χ1) is 11.8. The number of aryl methyl sites for hydroxylation is 3. The van der Waals surface area contributed by atoms with Crippen molar-refractivity contribution >= 4 is 17.5 Å². The van der Waals surface area contributed by atoms with E-state index in [4.69, 9.17) is 0 Å². The van der Waals surface area contributed by atoms with Crippen LogP contribution in [-0.2, 0) is 9.59 Å². The van der Waals surface area contributed by atoms with Crippen molar-refractivity contribution in [2.24, 2.45) is 0 Å². The van der Waals surface area contributed by atoms with Crippen molar-refractivity contribution in [3.63, 3.8) is 0 Å². The molecule has 4 heteroatoms. The molecule has 2 aromatic rings. The molecule has 0 aliphatic rings. The van der Waals surface area contributed by atoms with Crippen LogP contribution in [0.2, 0.25) is 0 Å². The van der Waals surface area contributed by atoms with Crippen LogP contribution >= 0.6 is 0 Å². The first kappa shape index (κ1) is 18.7. The van der Waals surface area contributed by atoms with Crippen molar-refractivity contribution < 1.29 is 9.59 Å². The number of rotatable bonds is 5. The predicted molar refractivity (Wildman–Crippen MR) is 102 cm³/mol. The van der Waals surface area contributed by atoms with Gasteiger partial charge in [-0.2, -0.15) is 0 Å². The molecule has 0 radical (unpaired) electrons. The van der Waals surface area contributed by atoms with E-state index >= 15 is 0 Å². The van der Waals surface area contributed by atoms with Gasteiger partial charge in [-0.1, -0.05) is 48.0 Å². The second kappa shape index (κ2) is 7.97. The summed E-state index contributed by atoms with van der Waals surface area (Å²) < 4.78 is 0. The van der Waals surface area contributed by atoms with Gasteiger partial charge < -0.3 is 10.2 Å². The second-order valence-corrected chi connectivity index (χ2v) is 6.56. The Morgan fingerprint density at radius 2 is 1.60 bits per heavy atom. The molecule has 1 atom stereocenters. The van der Waals surface area contributed by atoms with Crippen LogP contribution in [0, 0.1) is 20.8 Å². The Bertz CT molecular complexity index is 746. The summed E-state index contributed by atoms with van der Waals surface area (Å²) in [7, 11) is 0. The fraction of sp³-hybridized carbons (Fsp3) is 0.333.